The second-order valence-corrected chi connectivity index (χ2v) is 6.73. The predicted molar refractivity (Wildman–Crippen MR) is 77.8 cm³/mol. The number of benzene rings is 1. The number of ether oxygens (including phenoxy) is 2. The van der Waals surface area contributed by atoms with Crippen LogP contribution in [0.4, 0.5) is 0 Å². The second-order valence-electron chi connectivity index (χ2n) is 4.96. The van der Waals surface area contributed by atoms with Crippen molar-refractivity contribution in [2.24, 2.45) is 5.92 Å². The molecule has 21 heavy (non-hydrogen) atoms. The van der Waals surface area contributed by atoms with Gasteiger partial charge in [0, 0.05) is 13.2 Å². The minimum Gasteiger partial charge on any atom is -0.491 e. The van der Waals surface area contributed by atoms with Crippen LogP contribution >= 0.6 is 0 Å². The molecule has 0 spiro atoms. The van der Waals surface area contributed by atoms with E-state index in [1.165, 1.54) is 25.0 Å². The number of nitrogens with one attached hydrogen (secondary N) is 1. The molecule has 0 heterocycles. The molecule has 1 aliphatic rings. The molecule has 2 N–H and O–H groups in total. The van der Waals surface area contributed by atoms with E-state index >= 15 is 0 Å². The third-order valence-corrected chi connectivity index (χ3v) is 4.56. The normalized spacial score (nSPS) is 15.1. The molecule has 1 fully saturated rings. The van der Waals surface area contributed by atoms with Crippen LogP contribution in [0.3, 0.4) is 0 Å². The predicted octanol–water partition coefficient (Wildman–Crippen LogP) is 0.763. The Morgan fingerprint density at radius 2 is 1.90 bits per heavy atom. The maximum atomic E-state index is 12.0. The van der Waals surface area contributed by atoms with Crippen molar-refractivity contribution >= 4 is 10.0 Å². The van der Waals surface area contributed by atoms with Crippen LogP contribution in [0.25, 0.3) is 0 Å². The molecule has 0 atom stereocenters. The number of sulfonamides is 1. The van der Waals surface area contributed by atoms with E-state index in [4.69, 9.17) is 14.6 Å². The standard InChI is InChI=1S/C14H21NO5S/c16-8-10-20-13-3-5-14(6-4-13)21(17,18)15-7-9-19-11-12-1-2-12/h3-6,12,15-16H,1-2,7-11H2. The molecular weight excluding hydrogens is 294 g/mol. The lowest BCUT2D eigenvalue weighted by Gasteiger charge is -2.08. The highest BCUT2D eigenvalue weighted by atomic mass is 32.2. The number of hydrogen-bond acceptors (Lipinski definition) is 5. The van der Waals surface area contributed by atoms with Gasteiger partial charge in [-0.25, -0.2) is 13.1 Å². The Balaban J connectivity index is 1.77. The van der Waals surface area contributed by atoms with Gasteiger partial charge in [-0.1, -0.05) is 0 Å². The fraction of sp³-hybridized carbons (Fsp3) is 0.571. The Labute approximate surface area is 125 Å². The largest absolute Gasteiger partial charge is 0.491 e. The average molecular weight is 315 g/mol. The van der Waals surface area contributed by atoms with Gasteiger partial charge in [-0.3, -0.25) is 0 Å². The summed E-state index contributed by atoms with van der Waals surface area (Å²) in [5.74, 6) is 1.20. The Kier molecular flexibility index (Phi) is 5.98. The molecule has 0 saturated heterocycles. The Bertz CT molecular complexity index is 525. The summed E-state index contributed by atoms with van der Waals surface area (Å²) in [6.07, 6.45) is 2.44. The van der Waals surface area contributed by atoms with E-state index in [1.807, 2.05) is 0 Å². The Morgan fingerprint density at radius 1 is 1.19 bits per heavy atom. The monoisotopic (exact) mass is 315 g/mol. The average Bonchev–Trinajstić information content (AvgIpc) is 3.29. The van der Waals surface area contributed by atoms with Crippen LogP contribution in [-0.2, 0) is 14.8 Å². The maximum Gasteiger partial charge on any atom is 0.240 e. The highest BCUT2D eigenvalue weighted by molar-refractivity contribution is 7.89. The minimum atomic E-state index is -3.52. The molecule has 7 heteroatoms. The lowest BCUT2D eigenvalue weighted by Crippen LogP contribution is -2.27. The Hall–Kier alpha value is -1.15. The van der Waals surface area contributed by atoms with Gasteiger partial charge in [-0.2, -0.15) is 0 Å². The van der Waals surface area contributed by atoms with E-state index in [-0.39, 0.29) is 24.7 Å². The minimum absolute atomic E-state index is 0.0809. The van der Waals surface area contributed by atoms with Crippen molar-refractivity contribution in [1.82, 2.24) is 4.72 Å². The Morgan fingerprint density at radius 3 is 2.52 bits per heavy atom. The zero-order valence-corrected chi connectivity index (χ0v) is 12.6. The molecule has 1 aromatic rings. The van der Waals surface area contributed by atoms with Crippen LogP contribution in [0.1, 0.15) is 12.8 Å². The first-order valence-electron chi connectivity index (χ1n) is 7.03. The second kappa shape index (κ2) is 7.74. The van der Waals surface area contributed by atoms with Gasteiger partial charge in [0.15, 0.2) is 0 Å². The summed E-state index contributed by atoms with van der Waals surface area (Å²) >= 11 is 0. The van der Waals surface area contributed by atoms with Crippen molar-refractivity contribution in [3.8, 4) is 5.75 Å². The molecule has 1 aliphatic carbocycles. The first kappa shape index (κ1) is 16.2. The van der Waals surface area contributed by atoms with E-state index in [1.54, 1.807) is 12.1 Å². The summed E-state index contributed by atoms with van der Waals surface area (Å²) in [5.41, 5.74) is 0. The van der Waals surface area contributed by atoms with Crippen molar-refractivity contribution in [2.75, 3.05) is 33.0 Å². The molecule has 0 aromatic heterocycles. The molecule has 118 valence electrons. The summed E-state index contributed by atoms with van der Waals surface area (Å²) in [4.78, 5) is 0.182. The fourth-order valence-electron chi connectivity index (χ4n) is 1.74. The van der Waals surface area contributed by atoms with Gasteiger partial charge in [0.25, 0.3) is 0 Å². The SMILES string of the molecule is O=S(=O)(NCCOCC1CC1)c1ccc(OCCO)cc1. The molecule has 1 aromatic carbocycles. The quantitative estimate of drug-likeness (QED) is 0.623. The van der Waals surface area contributed by atoms with E-state index in [0.717, 1.165) is 6.61 Å². The van der Waals surface area contributed by atoms with E-state index < -0.39 is 10.0 Å². The third kappa shape index (κ3) is 5.62. The van der Waals surface area contributed by atoms with Gasteiger partial charge in [0.1, 0.15) is 12.4 Å². The number of hydrogen-bond donors (Lipinski definition) is 2. The summed E-state index contributed by atoms with van der Waals surface area (Å²) < 4.78 is 37.1. The number of rotatable bonds is 10. The van der Waals surface area contributed by atoms with Crippen LogP contribution in [0, 0.1) is 5.92 Å². The molecule has 0 aliphatic heterocycles. The van der Waals surface area contributed by atoms with Crippen molar-refractivity contribution in [2.45, 2.75) is 17.7 Å². The van der Waals surface area contributed by atoms with Gasteiger partial charge >= 0.3 is 0 Å². The van der Waals surface area contributed by atoms with Gasteiger partial charge in [-0.05, 0) is 43.0 Å². The summed E-state index contributed by atoms with van der Waals surface area (Å²) in [5, 5.41) is 8.65. The first-order valence-corrected chi connectivity index (χ1v) is 8.51. The summed E-state index contributed by atoms with van der Waals surface area (Å²) in [7, 11) is -3.52. The smallest absolute Gasteiger partial charge is 0.240 e. The molecule has 0 bridgehead atoms. The summed E-state index contributed by atoms with van der Waals surface area (Å²) in [6.45, 7) is 1.47. The molecular formula is C14H21NO5S. The van der Waals surface area contributed by atoms with Crippen molar-refractivity contribution in [3.05, 3.63) is 24.3 Å². The summed E-state index contributed by atoms with van der Waals surface area (Å²) in [6, 6.07) is 6.07. The lowest BCUT2D eigenvalue weighted by molar-refractivity contribution is 0.129. The molecule has 1 saturated carbocycles. The first-order chi connectivity index (χ1) is 10.1. The van der Waals surface area contributed by atoms with Gasteiger partial charge in [0.2, 0.25) is 10.0 Å². The van der Waals surface area contributed by atoms with Crippen LogP contribution < -0.4 is 9.46 Å². The number of aliphatic hydroxyl groups excluding tert-OH is 1. The van der Waals surface area contributed by atoms with E-state index in [9.17, 15) is 8.42 Å². The van der Waals surface area contributed by atoms with Gasteiger partial charge < -0.3 is 14.6 Å². The fourth-order valence-corrected chi connectivity index (χ4v) is 2.76. The molecule has 6 nitrogen and oxygen atoms in total. The van der Waals surface area contributed by atoms with Crippen LogP contribution in [0.2, 0.25) is 0 Å². The van der Waals surface area contributed by atoms with Crippen LogP contribution in [0.5, 0.6) is 5.75 Å². The number of aliphatic hydroxyl groups is 1. The van der Waals surface area contributed by atoms with E-state index in [0.29, 0.717) is 18.3 Å². The zero-order chi connectivity index (χ0) is 15.1. The van der Waals surface area contributed by atoms with Crippen molar-refractivity contribution in [1.29, 1.82) is 0 Å². The lowest BCUT2D eigenvalue weighted by atomic mass is 10.3. The van der Waals surface area contributed by atoms with E-state index in [2.05, 4.69) is 4.72 Å². The molecule has 0 unspecified atom stereocenters. The highest BCUT2D eigenvalue weighted by Gasteiger charge is 2.21. The maximum absolute atomic E-state index is 12.0. The van der Waals surface area contributed by atoms with Crippen molar-refractivity contribution in [3.63, 3.8) is 0 Å². The zero-order valence-electron chi connectivity index (χ0n) is 11.8. The van der Waals surface area contributed by atoms with Gasteiger partial charge in [0.05, 0.1) is 18.1 Å². The third-order valence-electron chi connectivity index (χ3n) is 3.08. The molecule has 0 amide bonds. The van der Waals surface area contributed by atoms with Crippen LogP contribution in [-0.4, -0.2) is 46.5 Å². The molecule has 2 rings (SSSR count). The topological polar surface area (TPSA) is 84.9 Å². The highest BCUT2D eigenvalue weighted by Crippen LogP contribution is 2.28. The van der Waals surface area contributed by atoms with Crippen LogP contribution in [0.15, 0.2) is 29.2 Å². The molecule has 0 radical (unpaired) electrons. The van der Waals surface area contributed by atoms with Gasteiger partial charge in [-0.15, -0.1) is 0 Å². The van der Waals surface area contributed by atoms with Crippen molar-refractivity contribution < 1.29 is 23.0 Å².